The van der Waals surface area contributed by atoms with E-state index in [9.17, 15) is 22.8 Å². The van der Waals surface area contributed by atoms with Gasteiger partial charge in [-0.15, -0.1) is 0 Å². The van der Waals surface area contributed by atoms with Crippen molar-refractivity contribution in [1.82, 2.24) is 0 Å². The molecule has 1 amide bonds. The van der Waals surface area contributed by atoms with E-state index >= 15 is 0 Å². The van der Waals surface area contributed by atoms with Gasteiger partial charge in [-0.1, -0.05) is 0 Å². The van der Waals surface area contributed by atoms with Crippen LogP contribution in [0.3, 0.4) is 0 Å². The van der Waals surface area contributed by atoms with Gasteiger partial charge >= 0.3 is 5.97 Å². The number of hydrogen-bond acceptors (Lipinski definition) is 6. The summed E-state index contributed by atoms with van der Waals surface area (Å²) < 4.78 is 27.6. The number of benzene rings is 1. The van der Waals surface area contributed by atoms with Gasteiger partial charge < -0.3 is 10.1 Å². The van der Waals surface area contributed by atoms with Crippen molar-refractivity contribution in [3.8, 4) is 0 Å². The molecule has 8 heteroatoms. The van der Waals surface area contributed by atoms with Gasteiger partial charge in [0.2, 0.25) is 5.91 Å². The summed E-state index contributed by atoms with van der Waals surface area (Å²) in [4.78, 5) is 34.6. The Kier molecular flexibility index (Phi) is 5.71. The zero-order valence-corrected chi connectivity index (χ0v) is 14.1. The van der Waals surface area contributed by atoms with Gasteiger partial charge in [0.25, 0.3) is 0 Å². The van der Waals surface area contributed by atoms with Crippen LogP contribution in [0.5, 0.6) is 0 Å². The second-order valence-electron chi connectivity index (χ2n) is 5.82. The average molecular weight is 353 g/mol. The Balaban J connectivity index is 1.80. The molecule has 0 aliphatic carbocycles. The van der Waals surface area contributed by atoms with E-state index in [1.807, 2.05) is 0 Å². The molecule has 0 bridgehead atoms. The van der Waals surface area contributed by atoms with E-state index in [4.69, 9.17) is 4.74 Å². The standard InChI is InChI=1S/C16H19NO6S/c1-11(18)17-14-4-2-13(3-5-14)15(19)9-23-16(20)8-12-6-7-24(21,22)10-12/h2-5,12H,6-10H2,1H3,(H,17,18)/t12-/m1/s1. The van der Waals surface area contributed by atoms with Gasteiger partial charge in [0.05, 0.1) is 11.5 Å². The molecule has 0 saturated carbocycles. The summed E-state index contributed by atoms with van der Waals surface area (Å²) in [5.74, 6) is -1.27. The maximum absolute atomic E-state index is 12.0. The van der Waals surface area contributed by atoms with Crippen LogP contribution in [0, 0.1) is 5.92 Å². The molecule has 0 unspecified atom stereocenters. The molecule has 1 fully saturated rings. The van der Waals surface area contributed by atoms with E-state index < -0.39 is 22.4 Å². The number of ether oxygens (including phenoxy) is 1. The van der Waals surface area contributed by atoms with Gasteiger partial charge in [-0.05, 0) is 36.6 Å². The van der Waals surface area contributed by atoms with Gasteiger partial charge in [-0.2, -0.15) is 0 Å². The summed E-state index contributed by atoms with van der Waals surface area (Å²) in [5.41, 5.74) is 0.929. The molecule has 0 spiro atoms. The lowest BCUT2D eigenvalue weighted by Crippen LogP contribution is -2.17. The third-order valence-electron chi connectivity index (χ3n) is 3.67. The molecule has 1 aliphatic heterocycles. The van der Waals surface area contributed by atoms with E-state index in [1.54, 1.807) is 12.1 Å². The van der Waals surface area contributed by atoms with Gasteiger partial charge in [0, 0.05) is 24.6 Å². The van der Waals surface area contributed by atoms with Crippen molar-refractivity contribution >= 4 is 33.2 Å². The Hall–Kier alpha value is -2.22. The first-order valence-corrected chi connectivity index (χ1v) is 9.34. The quantitative estimate of drug-likeness (QED) is 0.608. The van der Waals surface area contributed by atoms with Crippen molar-refractivity contribution in [3.63, 3.8) is 0 Å². The monoisotopic (exact) mass is 353 g/mol. The molecule has 2 rings (SSSR count). The fourth-order valence-electron chi connectivity index (χ4n) is 2.50. The number of carbonyl (C=O) groups excluding carboxylic acids is 3. The molecule has 1 aliphatic rings. The zero-order chi connectivity index (χ0) is 17.7. The van der Waals surface area contributed by atoms with Crippen LogP contribution in [-0.4, -0.2) is 44.2 Å². The molecule has 1 saturated heterocycles. The molecule has 130 valence electrons. The van der Waals surface area contributed by atoms with E-state index in [0.29, 0.717) is 17.7 Å². The summed E-state index contributed by atoms with van der Waals surface area (Å²) in [7, 11) is -3.03. The first-order chi connectivity index (χ1) is 11.2. The summed E-state index contributed by atoms with van der Waals surface area (Å²) >= 11 is 0. The largest absolute Gasteiger partial charge is 0.457 e. The Labute approximate surface area is 140 Å². The minimum absolute atomic E-state index is 0.000652. The fraction of sp³-hybridized carbons (Fsp3) is 0.438. The lowest BCUT2D eigenvalue weighted by molar-refractivity contribution is -0.143. The molecule has 1 aromatic rings. The van der Waals surface area contributed by atoms with Crippen LogP contribution in [0.15, 0.2) is 24.3 Å². The number of nitrogens with one attached hydrogen (secondary N) is 1. The molecular formula is C16H19NO6S. The molecule has 1 heterocycles. The summed E-state index contributed by atoms with van der Waals surface area (Å²) in [6.07, 6.45) is 0.462. The number of rotatable bonds is 6. The van der Waals surface area contributed by atoms with Gasteiger partial charge in [0.1, 0.15) is 0 Å². The van der Waals surface area contributed by atoms with E-state index in [2.05, 4.69) is 5.32 Å². The number of esters is 1. The second-order valence-corrected chi connectivity index (χ2v) is 8.04. The van der Waals surface area contributed by atoms with Crippen molar-refractivity contribution < 1.29 is 27.5 Å². The number of Topliss-reactive ketones (excluding diaryl/α,β-unsaturated/α-hetero) is 1. The minimum Gasteiger partial charge on any atom is -0.457 e. The number of carbonyl (C=O) groups is 3. The Morgan fingerprint density at radius 2 is 1.88 bits per heavy atom. The predicted molar refractivity (Wildman–Crippen MR) is 87.4 cm³/mol. The average Bonchev–Trinajstić information content (AvgIpc) is 2.83. The molecular weight excluding hydrogens is 334 g/mol. The van der Waals surface area contributed by atoms with Crippen LogP contribution in [0.1, 0.15) is 30.1 Å². The first kappa shape index (κ1) is 18.1. The van der Waals surface area contributed by atoms with Crippen LogP contribution in [0.4, 0.5) is 5.69 Å². The number of anilines is 1. The van der Waals surface area contributed by atoms with Gasteiger partial charge in [-0.25, -0.2) is 8.42 Å². The highest BCUT2D eigenvalue weighted by Crippen LogP contribution is 2.22. The molecule has 0 radical (unpaired) electrons. The molecule has 1 N–H and O–H groups in total. The minimum atomic E-state index is -3.03. The van der Waals surface area contributed by atoms with Crippen molar-refractivity contribution in [2.24, 2.45) is 5.92 Å². The highest BCUT2D eigenvalue weighted by atomic mass is 32.2. The van der Waals surface area contributed by atoms with Gasteiger partial charge in [-0.3, -0.25) is 14.4 Å². The summed E-state index contributed by atoms with van der Waals surface area (Å²) in [5, 5.41) is 2.58. The maximum atomic E-state index is 12.0. The Bertz CT molecular complexity index is 738. The second kappa shape index (κ2) is 7.57. The van der Waals surface area contributed by atoms with Crippen molar-refractivity contribution in [2.75, 3.05) is 23.4 Å². The lowest BCUT2D eigenvalue weighted by atomic mass is 10.1. The number of ketones is 1. The number of sulfone groups is 1. The van der Waals surface area contributed by atoms with Crippen molar-refractivity contribution in [3.05, 3.63) is 29.8 Å². The fourth-order valence-corrected chi connectivity index (χ4v) is 4.36. The van der Waals surface area contributed by atoms with Crippen LogP contribution >= 0.6 is 0 Å². The molecule has 24 heavy (non-hydrogen) atoms. The molecule has 7 nitrogen and oxygen atoms in total. The lowest BCUT2D eigenvalue weighted by Gasteiger charge is -2.08. The van der Waals surface area contributed by atoms with E-state index in [-0.39, 0.29) is 35.5 Å². The molecule has 0 aromatic heterocycles. The number of amides is 1. The van der Waals surface area contributed by atoms with E-state index in [1.165, 1.54) is 19.1 Å². The van der Waals surface area contributed by atoms with Gasteiger partial charge in [0.15, 0.2) is 22.2 Å². The first-order valence-electron chi connectivity index (χ1n) is 7.52. The Morgan fingerprint density at radius 3 is 2.42 bits per heavy atom. The zero-order valence-electron chi connectivity index (χ0n) is 13.3. The Morgan fingerprint density at radius 1 is 1.21 bits per heavy atom. The SMILES string of the molecule is CC(=O)Nc1ccc(C(=O)COC(=O)C[C@H]2CCS(=O)(=O)C2)cc1. The topological polar surface area (TPSA) is 107 Å². The predicted octanol–water partition coefficient (Wildman–Crippen LogP) is 1.20. The smallest absolute Gasteiger partial charge is 0.306 e. The highest BCUT2D eigenvalue weighted by Gasteiger charge is 2.30. The molecule has 1 aromatic carbocycles. The third-order valence-corrected chi connectivity index (χ3v) is 5.51. The van der Waals surface area contributed by atoms with E-state index in [0.717, 1.165) is 0 Å². The highest BCUT2D eigenvalue weighted by molar-refractivity contribution is 7.91. The summed E-state index contributed by atoms with van der Waals surface area (Å²) in [6.45, 7) is 0.992. The number of hydrogen-bond donors (Lipinski definition) is 1. The third kappa shape index (κ3) is 5.45. The van der Waals surface area contributed by atoms with Crippen LogP contribution < -0.4 is 5.32 Å². The van der Waals surface area contributed by atoms with Crippen molar-refractivity contribution in [1.29, 1.82) is 0 Å². The van der Waals surface area contributed by atoms with Crippen LogP contribution in [0.2, 0.25) is 0 Å². The maximum Gasteiger partial charge on any atom is 0.306 e. The summed E-state index contributed by atoms with van der Waals surface area (Å²) in [6, 6.07) is 6.23. The normalized spacial score (nSPS) is 18.8. The molecule has 1 atom stereocenters. The van der Waals surface area contributed by atoms with Crippen molar-refractivity contribution in [2.45, 2.75) is 19.8 Å². The van der Waals surface area contributed by atoms with Crippen LogP contribution in [-0.2, 0) is 24.2 Å². The van der Waals surface area contributed by atoms with Crippen LogP contribution in [0.25, 0.3) is 0 Å².